The van der Waals surface area contributed by atoms with Crippen LogP contribution in [0.4, 0.5) is 0 Å². The Balaban J connectivity index is 2.06. The van der Waals surface area contributed by atoms with Gasteiger partial charge < -0.3 is 4.98 Å². The van der Waals surface area contributed by atoms with Crippen LogP contribution in [-0.2, 0) is 6.54 Å². The first-order chi connectivity index (χ1) is 12.0. The molecule has 0 aliphatic carbocycles. The summed E-state index contributed by atoms with van der Waals surface area (Å²) in [6, 6.07) is 6.61. The molecular formula is C17H12ClN3O3S. The monoisotopic (exact) mass is 373 g/mol. The zero-order valence-electron chi connectivity index (χ0n) is 13.1. The molecule has 4 rings (SSSR count). The van der Waals surface area contributed by atoms with Crippen LogP contribution < -0.4 is 16.5 Å². The van der Waals surface area contributed by atoms with Gasteiger partial charge in [0.1, 0.15) is 10.9 Å². The summed E-state index contributed by atoms with van der Waals surface area (Å²) in [6.45, 7) is 2.14. The molecule has 0 saturated carbocycles. The van der Waals surface area contributed by atoms with Crippen LogP contribution in [0.5, 0.6) is 0 Å². The smallest absolute Gasteiger partial charge is 0.287 e. The van der Waals surface area contributed by atoms with Crippen LogP contribution in [0.25, 0.3) is 21.8 Å². The number of aryl methyl sites for hydroxylation is 1. The third-order valence-corrected chi connectivity index (χ3v) is 5.40. The highest BCUT2D eigenvalue weighted by Gasteiger charge is 2.15. The molecule has 0 saturated heterocycles. The maximum absolute atomic E-state index is 12.8. The van der Waals surface area contributed by atoms with Gasteiger partial charge in [0.25, 0.3) is 11.1 Å². The molecule has 0 fully saturated rings. The highest BCUT2D eigenvalue weighted by atomic mass is 35.5. The number of aromatic amines is 2. The van der Waals surface area contributed by atoms with Crippen LogP contribution >= 0.6 is 22.9 Å². The van der Waals surface area contributed by atoms with Gasteiger partial charge in [-0.05, 0) is 42.1 Å². The van der Waals surface area contributed by atoms with E-state index < -0.39 is 16.5 Å². The van der Waals surface area contributed by atoms with Crippen molar-refractivity contribution in [1.82, 2.24) is 14.8 Å². The second-order valence-electron chi connectivity index (χ2n) is 5.75. The number of nitrogens with one attached hydrogen (secondary N) is 2. The highest BCUT2D eigenvalue weighted by Crippen LogP contribution is 2.17. The van der Waals surface area contributed by atoms with Crippen molar-refractivity contribution in [3.8, 4) is 0 Å². The van der Waals surface area contributed by atoms with E-state index in [-0.39, 0.29) is 17.4 Å². The van der Waals surface area contributed by atoms with Crippen LogP contribution in [-0.4, -0.2) is 14.8 Å². The minimum absolute atomic E-state index is 0.0380. The molecule has 0 amide bonds. The fraction of sp³-hybridized carbons (Fsp3) is 0.118. The van der Waals surface area contributed by atoms with E-state index in [1.54, 1.807) is 18.2 Å². The summed E-state index contributed by atoms with van der Waals surface area (Å²) in [5.74, 6) is 0. The van der Waals surface area contributed by atoms with E-state index in [1.165, 1.54) is 16.0 Å². The SMILES string of the molecule is Cc1ccsc1Cn1[nH]c(=O)c2[nH]c3cc(Cl)ccc3c(=O)c2c1=O. The molecule has 2 N–H and O–H groups in total. The normalized spacial score (nSPS) is 11.4. The number of aromatic nitrogens is 3. The molecule has 0 aliphatic rings. The Bertz CT molecular complexity index is 1310. The Hall–Kier alpha value is -2.64. The fourth-order valence-corrected chi connectivity index (χ4v) is 3.89. The Morgan fingerprint density at radius 3 is 2.72 bits per heavy atom. The second-order valence-corrected chi connectivity index (χ2v) is 7.19. The largest absolute Gasteiger partial charge is 0.350 e. The van der Waals surface area contributed by atoms with Crippen molar-refractivity contribution in [3.05, 3.63) is 76.0 Å². The second kappa shape index (κ2) is 5.72. The first-order valence-corrected chi connectivity index (χ1v) is 8.73. The summed E-state index contributed by atoms with van der Waals surface area (Å²) in [4.78, 5) is 41.8. The van der Waals surface area contributed by atoms with Crippen molar-refractivity contribution < 1.29 is 0 Å². The zero-order valence-corrected chi connectivity index (χ0v) is 14.6. The average Bonchev–Trinajstić information content (AvgIpc) is 2.97. The molecule has 0 unspecified atom stereocenters. The molecular weight excluding hydrogens is 362 g/mol. The van der Waals surface area contributed by atoms with Gasteiger partial charge in [0.15, 0.2) is 0 Å². The quantitative estimate of drug-likeness (QED) is 0.529. The lowest BCUT2D eigenvalue weighted by Crippen LogP contribution is -2.34. The number of hydrogen-bond acceptors (Lipinski definition) is 4. The molecule has 0 aliphatic heterocycles. The summed E-state index contributed by atoms with van der Waals surface area (Å²) in [5, 5.41) is 5.06. The lowest BCUT2D eigenvalue weighted by Gasteiger charge is -2.08. The van der Waals surface area contributed by atoms with E-state index in [0.29, 0.717) is 15.9 Å². The van der Waals surface area contributed by atoms with Crippen molar-refractivity contribution in [3.63, 3.8) is 0 Å². The predicted octanol–water partition coefficient (Wildman–Crippen LogP) is 2.60. The van der Waals surface area contributed by atoms with Gasteiger partial charge in [-0.3, -0.25) is 19.5 Å². The number of hydrogen-bond donors (Lipinski definition) is 2. The van der Waals surface area contributed by atoms with Crippen LogP contribution in [0, 0.1) is 6.92 Å². The fourth-order valence-electron chi connectivity index (χ4n) is 2.82. The number of nitrogens with zero attached hydrogens (tertiary/aromatic N) is 1. The maximum Gasteiger partial charge on any atom is 0.287 e. The van der Waals surface area contributed by atoms with Crippen LogP contribution in [0.15, 0.2) is 44.0 Å². The number of pyridine rings is 1. The van der Waals surface area contributed by atoms with Gasteiger partial charge in [-0.15, -0.1) is 11.3 Å². The van der Waals surface area contributed by atoms with Crippen LogP contribution in [0.3, 0.4) is 0 Å². The van der Waals surface area contributed by atoms with Crippen molar-refractivity contribution in [2.75, 3.05) is 0 Å². The van der Waals surface area contributed by atoms with E-state index in [2.05, 4.69) is 10.1 Å². The van der Waals surface area contributed by atoms with Gasteiger partial charge >= 0.3 is 0 Å². The topological polar surface area (TPSA) is 87.7 Å². The van der Waals surface area contributed by atoms with Gasteiger partial charge in [0, 0.05) is 15.3 Å². The number of rotatable bonds is 2. The molecule has 8 heteroatoms. The standard InChI is InChI=1S/C17H12ClN3O3S/c1-8-4-5-25-12(8)7-21-17(24)13-14(16(23)20-21)19-11-6-9(18)2-3-10(11)15(13)22/h2-6H,7H2,1H3,(H,19,22)(H,20,23). The van der Waals surface area contributed by atoms with Crippen LogP contribution in [0.1, 0.15) is 10.4 Å². The van der Waals surface area contributed by atoms with Crippen molar-refractivity contribution in [2.24, 2.45) is 0 Å². The molecule has 0 spiro atoms. The minimum atomic E-state index is -0.527. The summed E-state index contributed by atoms with van der Waals surface area (Å²) in [7, 11) is 0. The number of benzene rings is 1. The van der Waals surface area contributed by atoms with Gasteiger partial charge in [-0.25, -0.2) is 4.68 Å². The predicted molar refractivity (Wildman–Crippen MR) is 100 cm³/mol. The summed E-state index contributed by atoms with van der Waals surface area (Å²) in [5.41, 5.74) is -0.123. The lowest BCUT2D eigenvalue weighted by atomic mass is 10.1. The zero-order chi connectivity index (χ0) is 17.7. The van der Waals surface area contributed by atoms with E-state index in [0.717, 1.165) is 10.4 Å². The van der Waals surface area contributed by atoms with Crippen molar-refractivity contribution >= 4 is 44.7 Å². The molecule has 126 valence electrons. The van der Waals surface area contributed by atoms with Gasteiger partial charge in [-0.2, -0.15) is 0 Å². The Morgan fingerprint density at radius 2 is 2.00 bits per heavy atom. The molecule has 4 aromatic rings. The third kappa shape index (κ3) is 2.52. The molecule has 1 aromatic carbocycles. The van der Waals surface area contributed by atoms with Gasteiger partial charge in [0.05, 0.1) is 12.1 Å². The Morgan fingerprint density at radius 1 is 1.20 bits per heavy atom. The maximum atomic E-state index is 12.8. The minimum Gasteiger partial charge on any atom is -0.350 e. The first-order valence-electron chi connectivity index (χ1n) is 7.47. The van der Waals surface area contributed by atoms with E-state index >= 15 is 0 Å². The molecule has 6 nitrogen and oxygen atoms in total. The number of thiophene rings is 1. The number of halogens is 1. The van der Waals surface area contributed by atoms with E-state index in [1.807, 2.05) is 18.4 Å². The molecule has 3 aromatic heterocycles. The Labute approximate surface area is 149 Å². The van der Waals surface area contributed by atoms with Crippen molar-refractivity contribution in [2.45, 2.75) is 13.5 Å². The summed E-state index contributed by atoms with van der Waals surface area (Å²) in [6.07, 6.45) is 0. The van der Waals surface area contributed by atoms with E-state index in [9.17, 15) is 14.4 Å². The molecule has 25 heavy (non-hydrogen) atoms. The summed E-state index contributed by atoms with van der Waals surface area (Å²) < 4.78 is 1.18. The van der Waals surface area contributed by atoms with Gasteiger partial charge in [0.2, 0.25) is 5.43 Å². The van der Waals surface area contributed by atoms with Crippen LogP contribution in [0.2, 0.25) is 5.02 Å². The van der Waals surface area contributed by atoms with Gasteiger partial charge in [-0.1, -0.05) is 11.6 Å². The number of H-pyrrole nitrogens is 2. The molecule has 0 atom stereocenters. The molecule has 0 bridgehead atoms. The number of fused-ring (bicyclic) bond motifs is 2. The van der Waals surface area contributed by atoms with Crippen molar-refractivity contribution in [1.29, 1.82) is 0 Å². The summed E-state index contributed by atoms with van der Waals surface area (Å²) >= 11 is 7.43. The molecule has 3 heterocycles. The first kappa shape index (κ1) is 15.9. The molecule has 0 radical (unpaired) electrons. The van der Waals surface area contributed by atoms with E-state index in [4.69, 9.17) is 11.6 Å². The highest BCUT2D eigenvalue weighted by molar-refractivity contribution is 7.10. The lowest BCUT2D eigenvalue weighted by molar-refractivity contribution is 0.640. The third-order valence-electron chi connectivity index (χ3n) is 4.16. The average molecular weight is 374 g/mol. The Kier molecular flexibility index (Phi) is 3.63.